The van der Waals surface area contributed by atoms with Gasteiger partial charge in [0.2, 0.25) is 0 Å². The first-order chi connectivity index (χ1) is 16.0. The van der Waals surface area contributed by atoms with E-state index < -0.39 is 0 Å². The van der Waals surface area contributed by atoms with Gasteiger partial charge in [-0.3, -0.25) is 4.79 Å². The van der Waals surface area contributed by atoms with E-state index >= 15 is 0 Å². The lowest BCUT2D eigenvalue weighted by Crippen LogP contribution is -2.44. The van der Waals surface area contributed by atoms with Crippen LogP contribution in [0, 0.1) is 0 Å². The number of fused-ring (bicyclic) bond motifs is 3. The van der Waals surface area contributed by atoms with Crippen molar-refractivity contribution in [3.05, 3.63) is 53.6 Å². The van der Waals surface area contributed by atoms with Crippen LogP contribution in [0.5, 0.6) is 11.5 Å². The summed E-state index contributed by atoms with van der Waals surface area (Å²) in [7, 11) is 0. The molecule has 2 aromatic carbocycles. The minimum Gasteiger partial charge on any atom is -0.507 e. The van der Waals surface area contributed by atoms with Gasteiger partial charge in [-0.05, 0) is 69.8 Å². The van der Waals surface area contributed by atoms with E-state index in [0.29, 0.717) is 30.4 Å². The van der Waals surface area contributed by atoms with Gasteiger partial charge in [0.15, 0.2) is 0 Å². The van der Waals surface area contributed by atoms with E-state index in [4.69, 9.17) is 4.74 Å². The van der Waals surface area contributed by atoms with Crippen LogP contribution in [0.3, 0.4) is 0 Å². The van der Waals surface area contributed by atoms with Crippen molar-refractivity contribution >= 4 is 11.5 Å². The fourth-order valence-electron chi connectivity index (χ4n) is 5.63. The fraction of sp³-hybridized carbons (Fsp3) is 0.552. The Hall–Kier alpha value is -2.49. The second-order valence-corrected chi connectivity index (χ2v) is 9.89. The number of carbonyl (C=O) groups excluding carboxylic acids is 1. The second kappa shape index (κ2) is 11.1. The Morgan fingerprint density at radius 1 is 1.21 bits per heavy atom. The highest BCUT2D eigenvalue weighted by Gasteiger charge is 2.36. The number of piperidine rings is 1. The number of aryl methyl sites for hydroxylation is 1. The van der Waals surface area contributed by atoms with E-state index in [1.54, 1.807) is 6.07 Å². The van der Waals surface area contributed by atoms with Crippen molar-refractivity contribution in [2.75, 3.05) is 11.4 Å². The molecule has 1 saturated heterocycles. The summed E-state index contributed by atoms with van der Waals surface area (Å²) in [5.41, 5.74) is 3.52. The van der Waals surface area contributed by atoms with Crippen molar-refractivity contribution in [3.8, 4) is 11.5 Å². The van der Waals surface area contributed by atoms with E-state index in [1.807, 2.05) is 6.92 Å². The van der Waals surface area contributed by atoms with Gasteiger partial charge in [-0.1, -0.05) is 37.3 Å². The molecule has 2 heterocycles. The Bertz CT molecular complexity index is 926. The predicted octanol–water partition coefficient (Wildman–Crippen LogP) is 6.79. The number of ether oxygens (including phenoxy) is 1. The number of anilines is 1. The molecule has 0 aliphatic carbocycles. The maximum atomic E-state index is 12.0. The molecule has 4 heteroatoms. The summed E-state index contributed by atoms with van der Waals surface area (Å²) in [6.45, 7) is 5.08. The summed E-state index contributed by atoms with van der Waals surface area (Å²) in [6, 6.07) is 15.0. The maximum Gasteiger partial charge on any atom is 0.132 e. The number of hydrogen-bond acceptors (Lipinski definition) is 4. The largest absolute Gasteiger partial charge is 0.507 e. The number of aromatic hydroxyl groups is 1. The van der Waals surface area contributed by atoms with Crippen LogP contribution >= 0.6 is 0 Å². The van der Waals surface area contributed by atoms with Crippen LogP contribution < -0.4 is 9.64 Å². The van der Waals surface area contributed by atoms with Gasteiger partial charge in [0, 0.05) is 48.8 Å². The highest BCUT2D eigenvalue weighted by Crippen LogP contribution is 2.49. The number of hydrogen-bond donors (Lipinski definition) is 1. The quantitative estimate of drug-likeness (QED) is 0.434. The predicted molar refractivity (Wildman–Crippen MR) is 134 cm³/mol. The number of carbonyl (C=O) groups is 1. The first kappa shape index (κ1) is 23.7. The first-order valence-electron chi connectivity index (χ1n) is 12.9. The molecule has 3 atom stereocenters. The molecule has 3 unspecified atom stereocenters. The number of nitrogens with zero attached hydrogens (tertiary/aromatic N) is 1. The second-order valence-electron chi connectivity index (χ2n) is 9.89. The van der Waals surface area contributed by atoms with Gasteiger partial charge in [0.1, 0.15) is 17.3 Å². The molecule has 1 fully saturated rings. The minimum absolute atomic E-state index is 0.0879. The molecule has 0 aromatic heterocycles. The standard InChI is InChI=1S/C29H39NO3/c1-3-25(31)16-15-23-18-24-14-7-8-17-30(24)27-19-26(20-28(32)29(23)27)33-21(2)10-9-13-22-11-5-4-6-12-22/h4-6,11-12,19-21,23-24,32H,3,7-10,13-18H2,1-2H3. The Balaban J connectivity index is 1.47. The Labute approximate surface area is 199 Å². The number of Topliss-reactive ketones (excluding diaryl/α,β-unsaturated/α-hetero) is 1. The molecule has 4 rings (SSSR count). The zero-order valence-electron chi connectivity index (χ0n) is 20.3. The van der Waals surface area contributed by atoms with Crippen molar-refractivity contribution in [1.82, 2.24) is 0 Å². The van der Waals surface area contributed by atoms with Crippen LogP contribution in [0.15, 0.2) is 42.5 Å². The topological polar surface area (TPSA) is 49.8 Å². The maximum absolute atomic E-state index is 12.0. The number of phenolic OH excluding ortho intramolecular Hbond substituents is 1. The van der Waals surface area contributed by atoms with Crippen LogP contribution in [0.2, 0.25) is 0 Å². The molecule has 2 aliphatic heterocycles. The van der Waals surface area contributed by atoms with E-state index in [2.05, 4.69) is 48.2 Å². The molecule has 33 heavy (non-hydrogen) atoms. The molecule has 178 valence electrons. The molecule has 2 aliphatic rings. The fourth-order valence-corrected chi connectivity index (χ4v) is 5.63. The van der Waals surface area contributed by atoms with Crippen molar-refractivity contribution in [2.45, 2.75) is 96.1 Å². The van der Waals surface area contributed by atoms with E-state index in [0.717, 1.165) is 55.6 Å². The highest BCUT2D eigenvalue weighted by molar-refractivity contribution is 5.78. The molecule has 0 amide bonds. The normalized spacial score (nSPS) is 20.6. The third-order valence-electron chi connectivity index (χ3n) is 7.43. The number of ketones is 1. The molecule has 1 N–H and O–H groups in total. The van der Waals surface area contributed by atoms with Crippen molar-refractivity contribution in [2.24, 2.45) is 0 Å². The van der Waals surface area contributed by atoms with Gasteiger partial charge in [-0.15, -0.1) is 0 Å². The smallest absolute Gasteiger partial charge is 0.132 e. The summed E-state index contributed by atoms with van der Waals surface area (Å²) < 4.78 is 6.29. The summed E-state index contributed by atoms with van der Waals surface area (Å²) in [5.74, 6) is 1.64. The van der Waals surface area contributed by atoms with Crippen LogP contribution in [-0.2, 0) is 11.2 Å². The van der Waals surface area contributed by atoms with Crippen molar-refractivity contribution in [3.63, 3.8) is 0 Å². The molecule has 4 nitrogen and oxygen atoms in total. The molecule has 0 radical (unpaired) electrons. The van der Waals surface area contributed by atoms with Gasteiger partial charge >= 0.3 is 0 Å². The van der Waals surface area contributed by atoms with Crippen LogP contribution in [0.1, 0.15) is 88.7 Å². The average molecular weight is 450 g/mol. The lowest BCUT2D eigenvalue weighted by molar-refractivity contribution is -0.118. The van der Waals surface area contributed by atoms with Gasteiger partial charge < -0.3 is 14.7 Å². The van der Waals surface area contributed by atoms with E-state index in [-0.39, 0.29) is 12.0 Å². The molecular formula is C29H39NO3. The summed E-state index contributed by atoms with van der Waals surface area (Å²) in [5, 5.41) is 11.1. The molecule has 0 saturated carbocycles. The summed E-state index contributed by atoms with van der Waals surface area (Å²) >= 11 is 0. The van der Waals surface area contributed by atoms with Crippen LogP contribution in [0.4, 0.5) is 5.69 Å². The lowest BCUT2D eigenvalue weighted by atomic mass is 9.79. The first-order valence-corrected chi connectivity index (χ1v) is 12.9. The SMILES string of the molecule is CCC(=O)CCC1CC2CCCCN2c2cc(OC(C)CCCc3ccccc3)cc(O)c21. The van der Waals surface area contributed by atoms with Gasteiger partial charge in [-0.25, -0.2) is 0 Å². The zero-order valence-corrected chi connectivity index (χ0v) is 20.3. The number of rotatable bonds is 10. The minimum atomic E-state index is 0.0879. The van der Waals surface area contributed by atoms with Crippen molar-refractivity contribution in [1.29, 1.82) is 0 Å². The average Bonchev–Trinajstić information content (AvgIpc) is 2.82. The third-order valence-corrected chi connectivity index (χ3v) is 7.43. The Morgan fingerprint density at radius 3 is 2.82 bits per heavy atom. The van der Waals surface area contributed by atoms with Crippen LogP contribution in [0.25, 0.3) is 0 Å². The van der Waals surface area contributed by atoms with Gasteiger partial charge in [0.05, 0.1) is 6.10 Å². The van der Waals surface area contributed by atoms with Gasteiger partial charge in [-0.2, -0.15) is 0 Å². The molecule has 0 bridgehead atoms. The van der Waals surface area contributed by atoms with Gasteiger partial charge in [0.25, 0.3) is 0 Å². The number of benzene rings is 2. The lowest BCUT2D eigenvalue weighted by Gasteiger charge is -2.45. The third kappa shape index (κ3) is 5.90. The Kier molecular flexibility index (Phi) is 7.95. The summed E-state index contributed by atoms with van der Waals surface area (Å²) in [6.07, 6.45) is 9.89. The van der Waals surface area contributed by atoms with Crippen molar-refractivity contribution < 1.29 is 14.6 Å². The monoisotopic (exact) mass is 449 g/mol. The molecule has 0 spiro atoms. The molecular weight excluding hydrogens is 410 g/mol. The summed E-state index contributed by atoms with van der Waals surface area (Å²) in [4.78, 5) is 14.5. The Morgan fingerprint density at radius 2 is 2.03 bits per heavy atom. The molecule has 2 aromatic rings. The van der Waals surface area contributed by atoms with E-state index in [1.165, 1.54) is 24.8 Å². The van der Waals surface area contributed by atoms with E-state index in [9.17, 15) is 9.90 Å². The van der Waals surface area contributed by atoms with Crippen LogP contribution in [-0.4, -0.2) is 29.6 Å². The zero-order chi connectivity index (χ0) is 23.2. The highest BCUT2D eigenvalue weighted by atomic mass is 16.5. The number of phenols is 1.